The van der Waals surface area contributed by atoms with Gasteiger partial charge in [0.05, 0.1) is 6.42 Å². The van der Waals surface area contributed by atoms with Crippen LogP contribution in [0.5, 0.6) is 0 Å². The van der Waals surface area contributed by atoms with E-state index < -0.39 is 0 Å². The van der Waals surface area contributed by atoms with Gasteiger partial charge in [0.15, 0.2) is 0 Å². The summed E-state index contributed by atoms with van der Waals surface area (Å²) in [5.41, 5.74) is 0. The highest BCUT2D eigenvalue weighted by Gasteiger charge is 2.17. The van der Waals surface area contributed by atoms with Crippen LogP contribution in [0.1, 0.15) is 11.3 Å². The number of carbonyl (C=O) groups excluding carboxylic acids is 1. The van der Waals surface area contributed by atoms with Crippen molar-refractivity contribution in [3.63, 3.8) is 0 Å². The smallest absolute Gasteiger partial charge is 0.227 e. The van der Waals surface area contributed by atoms with Crippen LogP contribution < -0.4 is 0 Å². The molecule has 1 aromatic rings. The maximum Gasteiger partial charge on any atom is 0.227 e. The second kappa shape index (κ2) is 5.46. The molecular weight excluding hydrogens is 220 g/mol. The van der Waals surface area contributed by atoms with Crippen LogP contribution in [0.2, 0.25) is 0 Å². The van der Waals surface area contributed by atoms with Crippen molar-refractivity contribution < 1.29 is 4.79 Å². The first-order chi connectivity index (χ1) is 7.75. The zero-order valence-corrected chi connectivity index (χ0v) is 10.5. The highest BCUT2D eigenvalue weighted by molar-refractivity contribution is 7.10. The number of hydrogen-bond donors (Lipinski definition) is 0. The van der Waals surface area contributed by atoms with E-state index >= 15 is 0 Å². The minimum Gasteiger partial charge on any atom is -0.341 e. The fourth-order valence-electron chi connectivity index (χ4n) is 1.97. The lowest BCUT2D eigenvalue weighted by Crippen LogP contribution is -2.35. The van der Waals surface area contributed by atoms with Crippen LogP contribution >= 0.6 is 11.3 Å². The number of amides is 1. The fraction of sp³-hybridized carbons (Fsp3) is 0.583. The molecule has 2 heterocycles. The predicted molar refractivity (Wildman–Crippen MR) is 66.7 cm³/mol. The van der Waals surface area contributed by atoms with Gasteiger partial charge in [0.2, 0.25) is 5.91 Å². The summed E-state index contributed by atoms with van der Waals surface area (Å²) in [5.74, 6) is 0.276. The highest BCUT2D eigenvalue weighted by Crippen LogP contribution is 2.11. The third-order valence-electron chi connectivity index (χ3n) is 2.98. The summed E-state index contributed by atoms with van der Waals surface area (Å²) >= 11 is 1.66. The van der Waals surface area contributed by atoms with Gasteiger partial charge < -0.3 is 9.80 Å². The molecule has 4 heteroatoms. The van der Waals surface area contributed by atoms with Crippen LogP contribution in [0.3, 0.4) is 0 Å². The Balaban J connectivity index is 1.89. The van der Waals surface area contributed by atoms with Crippen LogP contribution in [-0.2, 0) is 11.2 Å². The van der Waals surface area contributed by atoms with Gasteiger partial charge in [0.1, 0.15) is 0 Å². The number of likely N-dealkylation sites (N-methyl/N-ethyl adjacent to an activating group) is 1. The summed E-state index contributed by atoms with van der Waals surface area (Å²) in [6, 6.07) is 4.04. The first-order valence-corrected chi connectivity index (χ1v) is 6.62. The van der Waals surface area contributed by atoms with Gasteiger partial charge in [-0.3, -0.25) is 4.79 Å². The molecule has 1 aliphatic heterocycles. The zero-order valence-electron chi connectivity index (χ0n) is 9.69. The summed E-state index contributed by atoms with van der Waals surface area (Å²) in [5, 5.41) is 2.03. The molecule has 0 spiro atoms. The van der Waals surface area contributed by atoms with Crippen molar-refractivity contribution in [1.82, 2.24) is 9.80 Å². The molecule has 0 atom stereocenters. The van der Waals surface area contributed by atoms with E-state index in [1.807, 2.05) is 22.4 Å². The maximum atomic E-state index is 12.0. The van der Waals surface area contributed by atoms with E-state index in [2.05, 4.69) is 11.9 Å². The first kappa shape index (κ1) is 11.6. The van der Waals surface area contributed by atoms with E-state index in [1.54, 1.807) is 11.3 Å². The lowest BCUT2D eigenvalue weighted by Gasteiger charge is -2.20. The lowest BCUT2D eigenvalue weighted by atomic mass is 10.3. The molecule has 88 valence electrons. The molecule has 0 bridgehead atoms. The summed E-state index contributed by atoms with van der Waals surface area (Å²) in [4.78, 5) is 17.5. The Kier molecular flexibility index (Phi) is 3.96. The molecule has 1 amide bonds. The van der Waals surface area contributed by atoms with E-state index in [4.69, 9.17) is 0 Å². The lowest BCUT2D eigenvalue weighted by molar-refractivity contribution is -0.130. The van der Waals surface area contributed by atoms with Crippen molar-refractivity contribution in [3.05, 3.63) is 22.4 Å². The number of rotatable bonds is 2. The van der Waals surface area contributed by atoms with Crippen LogP contribution in [-0.4, -0.2) is 48.9 Å². The third kappa shape index (κ3) is 3.06. The maximum absolute atomic E-state index is 12.0. The van der Waals surface area contributed by atoms with Gasteiger partial charge in [-0.1, -0.05) is 6.07 Å². The number of nitrogens with zero attached hydrogens (tertiary/aromatic N) is 2. The van der Waals surface area contributed by atoms with Crippen molar-refractivity contribution in [2.24, 2.45) is 0 Å². The Morgan fingerprint density at radius 2 is 2.25 bits per heavy atom. The van der Waals surface area contributed by atoms with E-state index in [0.717, 1.165) is 32.6 Å². The standard InChI is InChI=1S/C12H18N2OS/c1-13-5-3-6-14(8-7-13)12(15)10-11-4-2-9-16-11/h2,4,9H,3,5-8,10H2,1H3. The second-order valence-corrected chi connectivity index (χ2v) is 5.33. The molecule has 0 N–H and O–H groups in total. The summed E-state index contributed by atoms with van der Waals surface area (Å²) < 4.78 is 0. The molecule has 0 aromatic carbocycles. The van der Waals surface area contributed by atoms with Gasteiger partial charge in [-0.05, 0) is 31.5 Å². The van der Waals surface area contributed by atoms with Gasteiger partial charge >= 0.3 is 0 Å². The van der Waals surface area contributed by atoms with Crippen LogP contribution in [0, 0.1) is 0 Å². The third-order valence-corrected chi connectivity index (χ3v) is 3.85. The van der Waals surface area contributed by atoms with E-state index in [-0.39, 0.29) is 5.91 Å². The molecule has 3 nitrogen and oxygen atoms in total. The molecule has 0 saturated carbocycles. The Morgan fingerprint density at radius 1 is 1.38 bits per heavy atom. The van der Waals surface area contributed by atoms with Crippen molar-refractivity contribution in [2.45, 2.75) is 12.8 Å². The summed E-state index contributed by atoms with van der Waals surface area (Å²) in [6.07, 6.45) is 1.66. The van der Waals surface area contributed by atoms with Gasteiger partial charge in [0, 0.05) is 24.5 Å². The molecule has 2 rings (SSSR count). The van der Waals surface area contributed by atoms with Crippen LogP contribution in [0.4, 0.5) is 0 Å². The van der Waals surface area contributed by atoms with Gasteiger partial charge in [-0.2, -0.15) is 0 Å². The van der Waals surface area contributed by atoms with Crippen molar-refractivity contribution in [1.29, 1.82) is 0 Å². The Hall–Kier alpha value is -0.870. The number of thiophene rings is 1. The quantitative estimate of drug-likeness (QED) is 0.778. The normalized spacial score (nSPS) is 18.4. The molecule has 1 aromatic heterocycles. The highest BCUT2D eigenvalue weighted by atomic mass is 32.1. The molecule has 1 fully saturated rings. The van der Waals surface area contributed by atoms with Gasteiger partial charge in [-0.25, -0.2) is 0 Å². The molecule has 1 saturated heterocycles. The van der Waals surface area contributed by atoms with E-state index in [0.29, 0.717) is 6.42 Å². The Bertz CT molecular complexity index is 337. The summed E-state index contributed by atoms with van der Waals surface area (Å²) in [6.45, 7) is 3.88. The second-order valence-electron chi connectivity index (χ2n) is 4.29. The molecule has 0 aliphatic carbocycles. The first-order valence-electron chi connectivity index (χ1n) is 5.74. The SMILES string of the molecule is CN1CCCN(C(=O)Cc2cccs2)CC1. The average Bonchev–Trinajstić information content (AvgIpc) is 2.66. The van der Waals surface area contributed by atoms with Crippen LogP contribution in [0.25, 0.3) is 0 Å². The summed E-state index contributed by atoms with van der Waals surface area (Å²) in [7, 11) is 2.12. The van der Waals surface area contributed by atoms with Crippen molar-refractivity contribution in [3.8, 4) is 0 Å². The Labute approximate surface area is 101 Å². The van der Waals surface area contributed by atoms with Crippen LogP contribution in [0.15, 0.2) is 17.5 Å². The molecule has 1 aliphatic rings. The molecular formula is C12H18N2OS. The largest absolute Gasteiger partial charge is 0.341 e. The van der Waals surface area contributed by atoms with Gasteiger partial charge in [-0.15, -0.1) is 11.3 Å². The monoisotopic (exact) mass is 238 g/mol. The van der Waals surface area contributed by atoms with Crippen molar-refractivity contribution in [2.75, 3.05) is 33.2 Å². The average molecular weight is 238 g/mol. The zero-order chi connectivity index (χ0) is 11.4. The van der Waals surface area contributed by atoms with E-state index in [1.165, 1.54) is 4.88 Å². The van der Waals surface area contributed by atoms with E-state index in [9.17, 15) is 4.79 Å². The minimum atomic E-state index is 0.276. The molecule has 0 unspecified atom stereocenters. The number of carbonyl (C=O) groups is 1. The minimum absolute atomic E-state index is 0.276. The molecule has 16 heavy (non-hydrogen) atoms. The Morgan fingerprint density at radius 3 is 3.00 bits per heavy atom. The number of hydrogen-bond acceptors (Lipinski definition) is 3. The van der Waals surface area contributed by atoms with Gasteiger partial charge in [0.25, 0.3) is 0 Å². The molecule has 0 radical (unpaired) electrons. The predicted octanol–water partition coefficient (Wildman–Crippen LogP) is 1.45. The topological polar surface area (TPSA) is 23.6 Å². The van der Waals surface area contributed by atoms with Crippen molar-refractivity contribution >= 4 is 17.2 Å². The fourth-order valence-corrected chi connectivity index (χ4v) is 2.67.